The van der Waals surface area contributed by atoms with E-state index in [2.05, 4.69) is 9.72 Å². The number of nitrogens with zero attached hydrogens (tertiary/aromatic N) is 1. The Hall–Kier alpha value is -1.25. The van der Waals surface area contributed by atoms with Crippen LogP contribution in [0.25, 0.3) is 0 Å². The maximum atomic E-state index is 12.9. The number of halogens is 8. The molecule has 0 N–H and O–H groups in total. The van der Waals surface area contributed by atoms with Crippen LogP contribution in [-0.4, -0.2) is 11.3 Å². The third-order valence-electron chi connectivity index (χ3n) is 1.40. The fourth-order valence-corrected chi connectivity index (χ4v) is 1.08. The summed E-state index contributed by atoms with van der Waals surface area (Å²) in [7, 11) is 0. The number of hydrogen-bond donors (Lipinski definition) is 0. The average molecular weight is 284 g/mol. The largest absolute Gasteiger partial charge is 0.574 e. The normalized spacial score (nSPS) is 12.7. The highest BCUT2D eigenvalue weighted by Gasteiger charge is 2.43. The number of rotatable bonds is 1. The summed E-state index contributed by atoms with van der Waals surface area (Å²) in [6, 6.07) is 0.133. The monoisotopic (exact) mass is 283 g/mol. The van der Waals surface area contributed by atoms with E-state index in [0.29, 0.717) is 0 Å². The Balaban J connectivity index is 3.36. The third-order valence-corrected chi connectivity index (χ3v) is 1.60. The van der Waals surface area contributed by atoms with Gasteiger partial charge < -0.3 is 4.74 Å². The molecule has 1 rings (SSSR count). The minimum Gasteiger partial charge on any atom is -0.387 e. The van der Waals surface area contributed by atoms with E-state index in [1.807, 2.05) is 0 Å². The van der Waals surface area contributed by atoms with Gasteiger partial charge in [0.25, 0.3) is 0 Å². The Bertz CT molecular complexity index is 427. The van der Waals surface area contributed by atoms with E-state index in [0.717, 1.165) is 0 Å². The molecule has 1 aromatic rings. The molecule has 0 aliphatic carbocycles. The van der Waals surface area contributed by atoms with E-state index >= 15 is 0 Å². The second kappa shape index (κ2) is 4.21. The van der Waals surface area contributed by atoms with Crippen molar-refractivity contribution in [3.63, 3.8) is 0 Å². The van der Waals surface area contributed by atoms with Crippen LogP contribution in [0.1, 0.15) is 5.56 Å². The van der Waals surface area contributed by atoms with Crippen molar-refractivity contribution in [1.82, 2.24) is 4.98 Å². The standard InChI is InChI=1S/C7HClF7NO/c8-3-1-2(9)4(6(10,11)12)5(16-3)17-7(13,14)15/h1H. The van der Waals surface area contributed by atoms with Gasteiger partial charge in [0.15, 0.2) is 5.56 Å². The fraction of sp³-hybridized carbons (Fsp3) is 0.286. The van der Waals surface area contributed by atoms with Crippen LogP contribution in [0.3, 0.4) is 0 Å². The Morgan fingerprint density at radius 3 is 2.06 bits per heavy atom. The van der Waals surface area contributed by atoms with Crippen LogP contribution in [0.15, 0.2) is 6.07 Å². The first kappa shape index (κ1) is 13.8. The molecule has 0 amide bonds. The van der Waals surface area contributed by atoms with Gasteiger partial charge >= 0.3 is 12.5 Å². The van der Waals surface area contributed by atoms with Gasteiger partial charge in [-0.15, -0.1) is 13.2 Å². The van der Waals surface area contributed by atoms with Gasteiger partial charge in [0.1, 0.15) is 11.0 Å². The number of aromatic nitrogens is 1. The molecule has 0 fully saturated rings. The molecule has 0 atom stereocenters. The molecule has 1 aromatic heterocycles. The van der Waals surface area contributed by atoms with Crippen molar-refractivity contribution < 1.29 is 35.5 Å². The molecular weight excluding hydrogens is 283 g/mol. The van der Waals surface area contributed by atoms with Crippen molar-refractivity contribution in [3.05, 3.63) is 22.6 Å². The van der Waals surface area contributed by atoms with Crippen LogP contribution in [0.2, 0.25) is 5.15 Å². The van der Waals surface area contributed by atoms with E-state index in [-0.39, 0.29) is 6.07 Å². The molecule has 1 heterocycles. The summed E-state index contributed by atoms with van der Waals surface area (Å²) in [6.07, 6.45) is -10.8. The van der Waals surface area contributed by atoms with Gasteiger partial charge in [0.2, 0.25) is 5.88 Å². The van der Waals surface area contributed by atoms with Crippen LogP contribution in [0.4, 0.5) is 30.7 Å². The summed E-state index contributed by atoms with van der Waals surface area (Å²) in [5.41, 5.74) is -2.26. The molecular formula is C7HClF7NO. The lowest BCUT2D eigenvalue weighted by Gasteiger charge is -2.14. The molecule has 0 saturated heterocycles. The number of hydrogen-bond acceptors (Lipinski definition) is 2. The molecule has 0 aliphatic heterocycles. The second-order valence-corrected chi connectivity index (χ2v) is 3.04. The lowest BCUT2D eigenvalue weighted by Crippen LogP contribution is -2.22. The van der Waals surface area contributed by atoms with Crippen LogP contribution in [-0.2, 0) is 6.18 Å². The Kier molecular flexibility index (Phi) is 3.42. The van der Waals surface area contributed by atoms with E-state index in [9.17, 15) is 30.7 Å². The number of pyridine rings is 1. The van der Waals surface area contributed by atoms with Crippen LogP contribution in [0.5, 0.6) is 5.88 Å². The number of ether oxygens (including phenoxy) is 1. The van der Waals surface area contributed by atoms with Crippen molar-refractivity contribution >= 4 is 11.6 Å². The van der Waals surface area contributed by atoms with E-state index in [1.54, 1.807) is 0 Å². The van der Waals surface area contributed by atoms with Crippen molar-refractivity contribution in [2.75, 3.05) is 0 Å². The molecule has 0 radical (unpaired) electrons. The smallest absolute Gasteiger partial charge is 0.387 e. The zero-order valence-electron chi connectivity index (χ0n) is 7.46. The first-order valence-electron chi connectivity index (χ1n) is 3.69. The molecule has 0 spiro atoms. The highest BCUT2D eigenvalue weighted by atomic mass is 35.5. The second-order valence-electron chi connectivity index (χ2n) is 2.65. The van der Waals surface area contributed by atoms with Crippen LogP contribution in [0, 0.1) is 5.82 Å². The van der Waals surface area contributed by atoms with Gasteiger partial charge in [-0.05, 0) is 0 Å². The maximum absolute atomic E-state index is 12.9. The van der Waals surface area contributed by atoms with Crippen LogP contribution < -0.4 is 4.74 Å². The summed E-state index contributed by atoms with van der Waals surface area (Å²) in [5, 5.41) is -0.894. The third kappa shape index (κ3) is 3.62. The van der Waals surface area contributed by atoms with Gasteiger partial charge in [-0.1, -0.05) is 11.6 Å². The van der Waals surface area contributed by atoms with Crippen molar-refractivity contribution in [2.45, 2.75) is 12.5 Å². The number of alkyl halides is 6. The maximum Gasteiger partial charge on any atom is 0.574 e. The Morgan fingerprint density at radius 2 is 1.65 bits per heavy atom. The zero-order valence-corrected chi connectivity index (χ0v) is 8.21. The van der Waals surface area contributed by atoms with Gasteiger partial charge in [-0.2, -0.15) is 13.2 Å². The topological polar surface area (TPSA) is 22.1 Å². The predicted octanol–water partition coefficient (Wildman–Crippen LogP) is 3.79. The highest BCUT2D eigenvalue weighted by molar-refractivity contribution is 6.29. The SMILES string of the molecule is Fc1cc(Cl)nc(OC(F)(F)F)c1C(F)(F)F. The summed E-state index contributed by atoms with van der Waals surface area (Å²) in [4.78, 5) is 2.65. The molecule has 17 heavy (non-hydrogen) atoms. The highest BCUT2D eigenvalue weighted by Crippen LogP contribution is 2.39. The quantitative estimate of drug-likeness (QED) is 0.578. The molecule has 96 valence electrons. The fourth-order valence-electron chi connectivity index (χ4n) is 0.904. The van der Waals surface area contributed by atoms with Gasteiger partial charge in [-0.3, -0.25) is 0 Å². The van der Waals surface area contributed by atoms with E-state index < -0.39 is 35.0 Å². The Labute approximate surface area is 94.0 Å². The first-order chi connectivity index (χ1) is 7.50. The molecule has 2 nitrogen and oxygen atoms in total. The Morgan fingerprint density at radius 1 is 1.12 bits per heavy atom. The minimum atomic E-state index is -5.44. The molecule has 0 aromatic carbocycles. The lowest BCUT2D eigenvalue weighted by atomic mass is 10.2. The summed E-state index contributed by atoms with van der Waals surface area (Å²) >= 11 is 5.04. The molecule has 10 heteroatoms. The summed E-state index contributed by atoms with van der Waals surface area (Å²) in [6.45, 7) is 0. The van der Waals surface area contributed by atoms with E-state index in [1.165, 1.54) is 0 Å². The first-order valence-corrected chi connectivity index (χ1v) is 4.07. The summed E-state index contributed by atoms with van der Waals surface area (Å²) < 4.78 is 87.9. The van der Waals surface area contributed by atoms with Gasteiger partial charge in [0, 0.05) is 6.07 Å². The molecule has 0 bridgehead atoms. The minimum absolute atomic E-state index is 0.133. The van der Waals surface area contributed by atoms with Crippen molar-refractivity contribution in [1.29, 1.82) is 0 Å². The van der Waals surface area contributed by atoms with Gasteiger partial charge in [-0.25, -0.2) is 9.37 Å². The van der Waals surface area contributed by atoms with Crippen molar-refractivity contribution in [2.24, 2.45) is 0 Å². The molecule has 0 aliphatic rings. The predicted molar refractivity (Wildman–Crippen MR) is 40.9 cm³/mol. The zero-order chi connectivity index (χ0) is 13.4. The van der Waals surface area contributed by atoms with Crippen LogP contribution >= 0.6 is 11.6 Å². The lowest BCUT2D eigenvalue weighted by molar-refractivity contribution is -0.278. The van der Waals surface area contributed by atoms with Gasteiger partial charge in [0.05, 0.1) is 0 Å². The van der Waals surface area contributed by atoms with Crippen molar-refractivity contribution in [3.8, 4) is 5.88 Å². The molecule has 0 saturated carbocycles. The van der Waals surface area contributed by atoms with E-state index in [4.69, 9.17) is 11.6 Å². The summed E-state index contributed by atoms with van der Waals surface area (Å²) in [5.74, 6) is -3.98. The average Bonchev–Trinajstić information content (AvgIpc) is 1.94. The molecule has 0 unspecified atom stereocenters.